The summed E-state index contributed by atoms with van der Waals surface area (Å²) in [7, 11) is 0. The highest BCUT2D eigenvalue weighted by Gasteiger charge is 2.15. The van der Waals surface area contributed by atoms with Crippen molar-refractivity contribution < 1.29 is 9.53 Å². The number of rotatable bonds is 4. The normalized spacial score (nSPS) is 11.2. The van der Waals surface area contributed by atoms with Crippen molar-refractivity contribution in [3.05, 3.63) is 53.3 Å². The molecule has 5 nitrogen and oxygen atoms in total. The van der Waals surface area contributed by atoms with Gasteiger partial charge in [0.15, 0.2) is 0 Å². The molecule has 5 heteroatoms. The molecule has 27 heavy (non-hydrogen) atoms. The van der Waals surface area contributed by atoms with Crippen molar-refractivity contribution in [2.75, 3.05) is 0 Å². The van der Waals surface area contributed by atoms with Crippen molar-refractivity contribution in [2.45, 2.75) is 46.8 Å². The average Bonchev–Trinajstić information content (AvgIpc) is 2.98. The van der Waals surface area contributed by atoms with Gasteiger partial charge in [0.2, 0.25) is 0 Å². The van der Waals surface area contributed by atoms with E-state index in [1.807, 2.05) is 45.2 Å². The minimum absolute atomic E-state index is 0.181. The molecule has 0 aliphatic rings. The fraction of sp³-hybridized carbons (Fsp3) is 0.318. The maximum absolute atomic E-state index is 12.3. The number of esters is 1. The number of carbonyl (C=O) groups excluding carboxylic acids is 1. The molecular formula is C22H23N3O2. The number of aromatic nitrogens is 2. The van der Waals surface area contributed by atoms with E-state index in [0.29, 0.717) is 16.8 Å². The van der Waals surface area contributed by atoms with E-state index in [-0.39, 0.29) is 18.1 Å². The van der Waals surface area contributed by atoms with Crippen LogP contribution in [-0.4, -0.2) is 21.6 Å². The van der Waals surface area contributed by atoms with Gasteiger partial charge in [0.1, 0.15) is 6.07 Å². The highest BCUT2D eigenvalue weighted by molar-refractivity contribution is 5.93. The lowest BCUT2D eigenvalue weighted by Crippen LogP contribution is -2.12. The average molecular weight is 361 g/mol. The molecule has 0 radical (unpaired) electrons. The van der Waals surface area contributed by atoms with Gasteiger partial charge in [-0.1, -0.05) is 6.07 Å². The second-order valence-corrected chi connectivity index (χ2v) is 7.22. The van der Waals surface area contributed by atoms with Gasteiger partial charge in [-0.25, -0.2) is 4.79 Å². The maximum atomic E-state index is 12.3. The lowest BCUT2D eigenvalue weighted by Gasteiger charge is -2.11. The van der Waals surface area contributed by atoms with Crippen LogP contribution in [0.3, 0.4) is 0 Å². The van der Waals surface area contributed by atoms with E-state index in [4.69, 9.17) is 4.74 Å². The predicted molar refractivity (Wildman–Crippen MR) is 106 cm³/mol. The molecule has 2 aromatic heterocycles. The molecule has 0 spiro atoms. The van der Waals surface area contributed by atoms with Crippen LogP contribution in [0.4, 0.5) is 0 Å². The number of hydrogen-bond donors (Lipinski definition) is 0. The number of nitrogens with zero attached hydrogens (tertiary/aromatic N) is 3. The van der Waals surface area contributed by atoms with E-state index < -0.39 is 0 Å². The van der Waals surface area contributed by atoms with Crippen molar-refractivity contribution in [3.8, 4) is 17.3 Å². The number of carbonyl (C=O) groups is 1. The molecule has 0 saturated heterocycles. The second kappa shape index (κ2) is 7.24. The van der Waals surface area contributed by atoms with Gasteiger partial charge in [-0.2, -0.15) is 5.26 Å². The van der Waals surface area contributed by atoms with Crippen LogP contribution in [0.5, 0.6) is 0 Å². The molecule has 2 heterocycles. The fourth-order valence-corrected chi connectivity index (χ4v) is 3.15. The maximum Gasteiger partial charge on any atom is 0.338 e. The first-order chi connectivity index (χ1) is 12.8. The van der Waals surface area contributed by atoms with Crippen LogP contribution >= 0.6 is 0 Å². The molecule has 0 N–H and O–H groups in total. The van der Waals surface area contributed by atoms with Crippen LogP contribution < -0.4 is 0 Å². The van der Waals surface area contributed by atoms with Crippen LogP contribution in [0.1, 0.15) is 55.4 Å². The third-order valence-electron chi connectivity index (χ3n) is 4.34. The first kappa shape index (κ1) is 18.7. The van der Waals surface area contributed by atoms with Crippen LogP contribution in [0.2, 0.25) is 0 Å². The third kappa shape index (κ3) is 3.70. The van der Waals surface area contributed by atoms with Crippen LogP contribution in [-0.2, 0) is 4.74 Å². The zero-order chi connectivity index (χ0) is 19.7. The first-order valence-corrected chi connectivity index (χ1v) is 9.05. The SMILES string of the molecule is Cc1cc(C(=O)OC(C)C)cc(-c2ccc3c(c2)c(C#N)cn3C(C)C)n1. The Morgan fingerprint density at radius 3 is 2.56 bits per heavy atom. The summed E-state index contributed by atoms with van der Waals surface area (Å²) in [4.78, 5) is 16.9. The smallest absolute Gasteiger partial charge is 0.338 e. The zero-order valence-electron chi connectivity index (χ0n) is 16.3. The number of benzene rings is 1. The minimum Gasteiger partial charge on any atom is -0.459 e. The third-order valence-corrected chi connectivity index (χ3v) is 4.34. The molecule has 0 saturated carbocycles. The van der Waals surface area contributed by atoms with Crippen molar-refractivity contribution in [1.29, 1.82) is 5.26 Å². The summed E-state index contributed by atoms with van der Waals surface area (Å²) in [5.74, 6) is -0.360. The Hall–Kier alpha value is -3.13. The molecule has 1 aromatic carbocycles. The van der Waals surface area contributed by atoms with Gasteiger partial charge in [-0.05, 0) is 58.9 Å². The predicted octanol–water partition coefficient (Wildman–Crippen LogP) is 5.03. The fourth-order valence-electron chi connectivity index (χ4n) is 3.15. The van der Waals surface area contributed by atoms with Crippen molar-refractivity contribution >= 4 is 16.9 Å². The Bertz CT molecular complexity index is 1060. The Morgan fingerprint density at radius 2 is 1.93 bits per heavy atom. The van der Waals surface area contributed by atoms with Gasteiger partial charge in [-0.15, -0.1) is 0 Å². The summed E-state index contributed by atoms with van der Waals surface area (Å²) in [5.41, 5.74) is 4.41. The number of ether oxygens (including phenoxy) is 1. The quantitative estimate of drug-likeness (QED) is 0.611. The Morgan fingerprint density at radius 1 is 1.19 bits per heavy atom. The van der Waals surface area contributed by atoms with Gasteiger partial charge < -0.3 is 9.30 Å². The van der Waals surface area contributed by atoms with Crippen molar-refractivity contribution in [1.82, 2.24) is 9.55 Å². The van der Waals surface area contributed by atoms with Crippen molar-refractivity contribution in [2.24, 2.45) is 0 Å². The zero-order valence-corrected chi connectivity index (χ0v) is 16.3. The van der Waals surface area contributed by atoms with Crippen molar-refractivity contribution in [3.63, 3.8) is 0 Å². The van der Waals surface area contributed by atoms with E-state index in [9.17, 15) is 10.1 Å². The Balaban J connectivity index is 2.11. The van der Waals surface area contributed by atoms with Gasteiger partial charge in [0, 0.05) is 34.4 Å². The number of nitriles is 1. The summed E-state index contributed by atoms with van der Waals surface area (Å²) in [6, 6.07) is 11.9. The van der Waals surface area contributed by atoms with Gasteiger partial charge in [-0.3, -0.25) is 4.98 Å². The molecule has 0 atom stereocenters. The van der Waals surface area contributed by atoms with E-state index in [1.165, 1.54) is 0 Å². The highest BCUT2D eigenvalue weighted by atomic mass is 16.5. The molecule has 138 valence electrons. The Kier molecular flexibility index (Phi) is 5.00. The van der Waals surface area contributed by atoms with E-state index >= 15 is 0 Å². The topological polar surface area (TPSA) is 67.9 Å². The number of hydrogen-bond acceptors (Lipinski definition) is 4. The first-order valence-electron chi connectivity index (χ1n) is 9.05. The molecule has 3 rings (SSSR count). The van der Waals surface area contributed by atoms with E-state index in [0.717, 1.165) is 22.2 Å². The monoisotopic (exact) mass is 361 g/mol. The minimum atomic E-state index is -0.360. The molecule has 0 unspecified atom stereocenters. The summed E-state index contributed by atoms with van der Waals surface area (Å²) in [6.45, 7) is 9.67. The lowest BCUT2D eigenvalue weighted by molar-refractivity contribution is 0.0377. The number of pyridine rings is 1. The van der Waals surface area contributed by atoms with Gasteiger partial charge in [0.25, 0.3) is 0 Å². The molecule has 0 aliphatic heterocycles. The summed E-state index contributed by atoms with van der Waals surface area (Å²) >= 11 is 0. The molecule has 0 fully saturated rings. The van der Waals surface area contributed by atoms with Gasteiger partial charge >= 0.3 is 5.97 Å². The summed E-state index contributed by atoms with van der Waals surface area (Å²) in [6.07, 6.45) is 1.70. The van der Waals surface area contributed by atoms with Crippen LogP contribution in [0.25, 0.3) is 22.2 Å². The van der Waals surface area contributed by atoms with Crippen LogP contribution in [0.15, 0.2) is 36.5 Å². The molecule has 0 amide bonds. The van der Waals surface area contributed by atoms with Crippen LogP contribution in [0, 0.1) is 18.3 Å². The molecular weight excluding hydrogens is 338 g/mol. The van der Waals surface area contributed by atoms with Gasteiger partial charge in [0.05, 0.1) is 22.9 Å². The Labute approximate surface area is 159 Å². The second-order valence-electron chi connectivity index (χ2n) is 7.22. The van der Waals surface area contributed by atoms with E-state index in [2.05, 4.69) is 29.5 Å². The molecule has 0 bridgehead atoms. The summed E-state index contributed by atoms with van der Waals surface area (Å²) in [5, 5.41) is 10.4. The van der Waals surface area contributed by atoms with E-state index in [1.54, 1.807) is 12.1 Å². The number of fused-ring (bicyclic) bond motifs is 1. The largest absolute Gasteiger partial charge is 0.459 e. The molecule has 3 aromatic rings. The lowest BCUT2D eigenvalue weighted by atomic mass is 10.0. The summed E-state index contributed by atoms with van der Waals surface area (Å²) < 4.78 is 7.40. The highest BCUT2D eigenvalue weighted by Crippen LogP contribution is 2.29. The standard InChI is InChI=1S/C22H23N3O2/c1-13(2)25-12-18(11-23)19-9-16(6-7-21(19)25)20-10-17(8-15(5)24-20)22(26)27-14(3)4/h6-10,12-14H,1-5H3. The molecule has 0 aliphatic carbocycles. The number of aryl methyl sites for hydroxylation is 1.